The molecule has 2 aromatic carbocycles. The summed E-state index contributed by atoms with van der Waals surface area (Å²) in [5.74, 6) is -0.846. The van der Waals surface area contributed by atoms with Gasteiger partial charge in [0.05, 0.1) is 5.56 Å². The predicted octanol–water partition coefficient (Wildman–Crippen LogP) is 5.29. The summed E-state index contributed by atoms with van der Waals surface area (Å²) in [6, 6.07) is 13.8. The maximum absolute atomic E-state index is 11.7. The zero-order valence-electron chi connectivity index (χ0n) is 12.1. The molecule has 110 valence electrons. The molecule has 0 aliphatic carbocycles. The van der Waals surface area contributed by atoms with E-state index in [-0.39, 0.29) is 0 Å². The maximum atomic E-state index is 11.7. The largest absolute Gasteiger partial charge is 0.478 e. The van der Waals surface area contributed by atoms with Crippen molar-refractivity contribution in [3.8, 4) is 11.1 Å². The molecule has 0 aromatic heterocycles. The molecule has 0 aliphatic rings. The van der Waals surface area contributed by atoms with Gasteiger partial charge in [-0.2, -0.15) is 0 Å². The van der Waals surface area contributed by atoms with E-state index >= 15 is 0 Å². The summed E-state index contributed by atoms with van der Waals surface area (Å²) in [5.41, 5.74) is 4.30. The van der Waals surface area contributed by atoms with Gasteiger partial charge in [-0.3, -0.25) is 0 Å². The first-order valence-electron chi connectivity index (χ1n) is 7.17. The molecule has 2 aromatic rings. The Balaban J connectivity index is 2.48. The van der Waals surface area contributed by atoms with Crippen LogP contribution in [0.4, 0.5) is 0 Å². The maximum Gasteiger partial charge on any atom is 0.336 e. The standard InChI is InChI=1S/C18H19BrO2/c1-2-3-5-15-6-4-7-16(17(15)18(20)21)14-10-8-13(12-19)9-11-14/h4,6-11H,2-3,5,12H2,1H3,(H,20,21). The minimum Gasteiger partial charge on any atom is -0.478 e. The number of rotatable bonds is 6. The normalized spacial score (nSPS) is 10.6. The monoisotopic (exact) mass is 346 g/mol. The highest BCUT2D eigenvalue weighted by atomic mass is 79.9. The predicted molar refractivity (Wildman–Crippen MR) is 90.1 cm³/mol. The number of aromatic carboxylic acids is 1. The van der Waals surface area contributed by atoms with E-state index in [0.717, 1.165) is 41.3 Å². The van der Waals surface area contributed by atoms with Crippen molar-refractivity contribution >= 4 is 21.9 Å². The molecule has 3 heteroatoms. The van der Waals surface area contributed by atoms with Crippen LogP contribution in [0.25, 0.3) is 11.1 Å². The van der Waals surface area contributed by atoms with Crippen molar-refractivity contribution in [3.05, 3.63) is 59.2 Å². The number of alkyl halides is 1. The highest BCUT2D eigenvalue weighted by molar-refractivity contribution is 9.08. The summed E-state index contributed by atoms with van der Waals surface area (Å²) in [6.45, 7) is 2.11. The molecule has 0 heterocycles. The molecule has 0 unspecified atom stereocenters. The summed E-state index contributed by atoms with van der Waals surface area (Å²) >= 11 is 3.42. The number of unbranched alkanes of at least 4 members (excludes halogenated alkanes) is 1. The van der Waals surface area contributed by atoms with Crippen molar-refractivity contribution in [3.63, 3.8) is 0 Å². The Morgan fingerprint density at radius 2 is 1.86 bits per heavy atom. The summed E-state index contributed by atoms with van der Waals surface area (Å²) in [7, 11) is 0. The Morgan fingerprint density at radius 1 is 1.14 bits per heavy atom. The number of aryl methyl sites for hydroxylation is 1. The lowest BCUT2D eigenvalue weighted by Gasteiger charge is -2.12. The fourth-order valence-corrected chi connectivity index (χ4v) is 2.82. The Morgan fingerprint density at radius 3 is 2.43 bits per heavy atom. The molecule has 21 heavy (non-hydrogen) atoms. The second-order valence-corrected chi connectivity index (χ2v) is 5.64. The molecular formula is C18H19BrO2. The third-order valence-corrected chi connectivity index (χ3v) is 4.23. The molecule has 0 atom stereocenters. The Kier molecular flexibility index (Phi) is 5.57. The molecule has 0 fully saturated rings. The molecule has 0 bridgehead atoms. The molecule has 0 aliphatic heterocycles. The Hall–Kier alpha value is -1.61. The highest BCUT2D eigenvalue weighted by Gasteiger charge is 2.16. The van der Waals surface area contributed by atoms with Crippen LogP contribution in [0.15, 0.2) is 42.5 Å². The zero-order valence-corrected chi connectivity index (χ0v) is 13.7. The average Bonchev–Trinajstić information content (AvgIpc) is 2.52. The van der Waals surface area contributed by atoms with Gasteiger partial charge in [0.2, 0.25) is 0 Å². The lowest BCUT2D eigenvalue weighted by Crippen LogP contribution is -2.05. The average molecular weight is 347 g/mol. The molecule has 0 spiro atoms. The Bertz CT molecular complexity index is 618. The van der Waals surface area contributed by atoms with Crippen LogP contribution in [0.1, 0.15) is 41.3 Å². The van der Waals surface area contributed by atoms with E-state index in [1.54, 1.807) is 0 Å². The van der Waals surface area contributed by atoms with E-state index in [1.165, 1.54) is 5.56 Å². The summed E-state index contributed by atoms with van der Waals surface area (Å²) < 4.78 is 0. The second-order valence-electron chi connectivity index (χ2n) is 5.08. The number of carboxylic acids is 1. The topological polar surface area (TPSA) is 37.3 Å². The zero-order chi connectivity index (χ0) is 15.2. The molecular weight excluding hydrogens is 328 g/mol. The van der Waals surface area contributed by atoms with Gasteiger partial charge in [0.15, 0.2) is 0 Å². The van der Waals surface area contributed by atoms with Crippen LogP contribution in [-0.4, -0.2) is 11.1 Å². The number of halogens is 1. The molecule has 0 saturated heterocycles. The molecule has 0 radical (unpaired) electrons. The number of hydrogen-bond acceptors (Lipinski definition) is 1. The van der Waals surface area contributed by atoms with Gasteiger partial charge in [0.25, 0.3) is 0 Å². The smallest absolute Gasteiger partial charge is 0.336 e. The van der Waals surface area contributed by atoms with Crippen molar-refractivity contribution in [1.82, 2.24) is 0 Å². The van der Waals surface area contributed by atoms with Gasteiger partial charge in [-0.1, -0.05) is 71.7 Å². The van der Waals surface area contributed by atoms with E-state index in [2.05, 4.69) is 22.9 Å². The number of hydrogen-bond donors (Lipinski definition) is 1. The van der Waals surface area contributed by atoms with Crippen molar-refractivity contribution in [2.75, 3.05) is 0 Å². The third-order valence-electron chi connectivity index (χ3n) is 3.58. The summed E-state index contributed by atoms with van der Waals surface area (Å²) in [4.78, 5) is 11.7. The van der Waals surface area contributed by atoms with Gasteiger partial charge in [0.1, 0.15) is 0 Å². The van der Waals surface area contributed by atoms with E-state index in [0.29, 0.717) is 5.56 Å². The molecule has 2 rings (SSSR count). The SMILES string of the molecule is CCCCc1cccc(-c2ccc(CBr)cc2)c1C(=O)O. The van der Waals surface area contributed by atoms with E-state index in [9.17, 15) is 9.90 Å². The van der Waals surface area contributed by atoms with Crippen molar-refractivity contribution in [1.29, 1.82) is 0 Å². The van der Waals surface area contributed by atoms with Gasteiger partial charge < -0.3 is 5.11 Å². The van der Waals surface area contributed by atoms with Crippen molar-refractivity contribution in [2.45, 2.75) is 31.5 Å². The minimum atomic E-state index is -0.846. The summed E-state index contributed by atoms with van der Waals surface area (Å²) in [5, 5.41) is 10.4. The van der Waals surface area contributed by atoms with Crippen LogP contribution in [0.2, 0.25) is 0 Å². The van der Waals surface area contributed by atoms with Gasteiger partial charge in [-0.25, -0.2) is 4.79 Å². The van der Waals surface area contributed by atoms with Crippen LogP contribution in [0, 0.1) is 0 Å². The molecule has 0 saturated carbocycles. The molecule has 0 amide bonds. The van der Waals surface area contributed by atoms with Gasteiger partial charge >= 0.3 is 5.97 Å². The first kappa shape index (κ1) is 15.8. The quantitative estimate of drug-likeness (QED) is 0.721. The fraction of sp³-hybridized carbons (Fsp3) is 0.278. The minimum absolute atomic E-state index is 0.442. The van der Waals surface area contributed by atoms with Crippen LogP contribution in [0.5, 0.6) is 0 Å². The lowest BCUT2D eigenvalue weighted by atomic mass is 9.92. The molecule has 1 N–H and O–H groups in total. The van der Waals surface area contributed by atoms with Crippen LogP contribution in [-0.2, 0) is 11.8 Å². The number of carboxylic acid groups (broad SMARTS) is 1. The van der Waals surface area contributed by atoms with Gasteiger partial charge in [0, 0.05) is 5.33 Å². The highest BCUT2D eigenvalue weighted by Crippen LogP contribution is 2.28. The van der Waals surface area contributed by atoms with E-state index < -0.39 is 5.97 Å². The number of benzene rings is 2. The van der Waals surface area contributed by atoms with Crippen molar-refractivity contribution in [2.24, 2.45) is 0 Å². The fourth-order valence-electron chi connectivity index (χ4n) is 2.44. The van der Waals surface area contributed by atoms with Gasteiger partial charge in [-0.15, -0.1) is 0 Å². The van der Waals surface area contributed by atoms with Crippen LogP contribution >= 0.6 is 15.9 Å². The molecule has 2 nitrogen and oxygen atoms in total. The first-order chi connectivity index (χ1) is 10.2. The Labute approximate surface area is 134 Å². The summed E-state index contributed by atoms with van der Waals surface area (Å²) in [6.07, 6.45) is 2.88. The van der Waals surface area contributed by atoms with Crippen LogP contribution in [0.3, 0.4) is 0 Å². The van der Waals surface area contributed by atoms with Crippen LogP contribution < -0.4 is 0 Å². The lowest BCUT2D eigenvalue weighted by molar-refractivity contribution is 0.0696. The first-order valence-corrected chi connectivity index (χ1v) is 8.30. The third kappa shape index (κ3) is 3.73. The van der Waals surface area contributed by atoms with E-state index in [1.807, 2.05) is 42.5 Å². The van der Waals surface area contributed by atoms with Gasteiger partial charge in [-0.05, 0) is 35.1 Å². The second kappa shape index (κ2) is 7.41. The van der Waals surface area contributed by atoms with E-state index in [4.69, 9.17) is 0 Å². The number of carbonyl (C=O) groups is 1. The van der Waals surface area contributed by atoms with Crippen molar-refractivity contribution < 1.29 is 9.90 Å².